The molecule has 1 rings (SSSR count). The summed E-state index contributed by atoms with van der Waals surface area (Å²) in [6.07, 6.45) is 0. The number of benzene rings is 1. The lowest BCUT2D eigenvalue weighted by atomic mass is 9.86. The van der Waals surface area contributed by atoms with Crippen LogP contribution in [0.1, 0.15) is 26.3 Å². The van der Waals surface area contributed by atoms with Crippen LogP contribution in [0.5, 0.6) is 5.75 Å². The van der Waals surface area contributed by atoms with Crippen molar-refractivity contribution in [2.24, 2.45) is 0 Å². The SMILES string of the molecule is [C-]#[N+]c1ccc(C(C)(C)C)c(OC)c1. The van der Waals surface area contributed by atoms with Gasteiger partial charge < -0.3 is 4.74 Å². The Morgan fingerprint density at radius 2 is 1.93 bits per heavy atom. The third kappa shape index (κ3) is 2.05. The summed E-state index contributed by atoms with van der Waals surface area (Å²) in [6, 6.07) is 5.58. The molecule has 0 aliphatic heterocycles. The summed E-state index contributed by atoms with van der Waals surface area (Å²) in [5, 5.41) is 0. The van der Waals surface area contributed by atoms with Crippen LogP contribution in [0.2, 0.25) is 0 Å². The zero-order valence-electron chi connectivity index (χ0n) is 9.09. The molecule has 0 fully saturated rings. The fourth-order valence-corrected chi connectivity index (χ4v) is 1.37. The first-order chi connectivity index (χ1) is 6.49. The molecule has 0 aliphatic carbocycles. The highest BCUT2D eigenvalue weighted by Gasteiger charge is 2.18. The molecule has 2 nitrogen and oxygen atoms in total. The summed E-state index contributed by atoms with van der Waals surface area (Å²) in [4.78, 5) is 3.37. The van der Waals surface area contributed by atoms with Gasteiger partial charge in [-0.15, -0.1) is 0 Å². The van der Waals surface area contributed by atoms with Crippen molar-refractivity contribution in [3.05, 3.63) is 35.2 Å². The van der Waals surface area contributed by atoms with Crippen LogP contribution in [-0.4, -0.2) is 7.11 Å². The van der Waals surface area contributed by atoms with Crippen LogP contribution >= 0.6 is 0 Å². The molecule has 0 aromatic heterocycles. The minimum absolute atomic E-state index is 0.0475. The largest absolute Gasteiger partial charge is 0.498 e. The fraction of sp³-hybridized carbons (Fsp3) is 0.417. The smallest absolute Gasteiger partial charge is 0.190 e. The molecule has 1 aromatic rings. The molecule has 0 saturated carbocycles. The third-order valence-corrected chi connectivity index (χ3v) is 2.12. The van der Waals surface area contributed by atoms with Crippen LogP contribution in [0.25, 0.3) is 4.85 Å². The van der Waals surface area contributed by atoms with Crippen molar-refractivity contribution in [1.82, 2.24) is 0 Å². The number of hydrogen-bond acceptors (Lipinski definition) is 1. The number of nitrogens with zero attached hydrogens (tertiary/aromatic N) is 1. The Morgan fingerprint density at radius 1 is 1.29 bits per heavy atom. The van der Waals surface area contributed by atoms with E-state index in [4.69, 9.17) is 11.3 Å². The molecule has 0 heterocycles. The van der Waals surface area contributed by atoms with Gasteiger partial charge in [-0.1, -0.05) is 32.9 Å². The number of hydrogen-bond donors (Lipinski definition) is 0. The number of ether oxygens (including phenoxy) is 1. The van der Waals surface area contributed by atoms with E-state index in [2.05, 4.69) is 25.6 Å². The maximum atomic E-state index is 6.91. The Hall–Kier alpha value is -1.49. The Balaban J connectivity index is 3.27. The average Bonchev–Trinajstić information content (AvgIpc) is 2.15. The zero-order valence-corrected chi connectivity index (χ0v) is 9.09. The van der Waals surface area contributed by atoms with Crippen LogP contribution in [-0.2, 0) is 5.41 Å². The molecule has 0 unspecified atom stereocenters. The van der Waals surface area contributed by atoms with E-state index in [1.54, 1.807) is 13.2 Å². The first-order valence-electron chi connectivity index (χ1n) is 4.55. The second kappa shape index (κ2) is 3.71. The molecule has 0 saturated heterocycles. The molecule has 0 radical (unpaired) electrons. The van der Waals surface area contributed by atoms with Crippen molar-refractivity contribution in [3.8, 4) is 5.75 Å². The first-order valence-corrected chi connectivity index (χ1v) is 4.55. The average molecular weight is 189 g/mol. The summed E-state index contributed by atoms with van der Waals surface area (Å²) < 4.78 is 5.27. The molecule has 1 aromatic carbocycles. The second-order valence-electron chi connectivity index (χ2n) is 4.25. The maximum absolute atomic E-state index is 6.91. The van der Waals surface area contributed by atoms with E-state index < -0.39 is 0 Å². The van der Waals surface area contributed by atoms with E-state index >= 15 is 0 Å². The molecule has 74 valence electrons. The van der Waals surface area contributed by atoms with E-state index in [0.29, 0.717) is 5.69 Å². The lowest BCUT2D eigenvalue weighted by Gasteiger charge is -2.22. The third-order valence-electron chi connectivity index (χ3n) is 2.12. The van der Waals surface area contributed by atoms with Crippen molar-refractivity contribution in [2.45, 2.75) is 26.2 Å². The van der Waals surface area contributed by atoms with Crippen LogP contribution < -0.4 is 4.74 Å². The monoisotopic (exact) mass is 189 g/mol. The predicted molar refractivity (Wildman–Crippen MR) is 58.0 cm³/mol. The number of methoxy groups -OCH3 is 1. The van der Waals surface area contributed by atoms with Crippen molar-refractivity contribution in [1.29, 1.82) is 0 Å². The Labute approximate surface area is 85.3 Å². The molecular formula is C12H15NO. The van der Waals surface area contributed by atoms with Crippen LogP contribution in [0.3, 0.4) is 0 Å². The molecular weight excluding hydrogens is 174 g/mol. The van der Waals surface area contributed by atoms with Gasteiger partial charge in [0.05, 0.1) is 13.7 Å². The van der Waals surface area contributed by atoms with Gasteiger partial charge in [0.15, 0.2) is 5.69 Å². The predicted octanol–water partition coefficient (Wildman–Crippen LogP) is 3.54. The maximum Gasteiger partial charge on any atom is 0.190 e. The Morgan fingerprint density at radius 3 is 2.36 bits per heavy atom. The lowest BCUT2D eigenvalue weighted by Crippen LogP contribution is -2.12. The molecule has 0 bridgehead atoms. The molecule has 0 aliphatic rings. The topological polar surface area (TPSA) is 13.6 Å². The second-order valence-corrected chi connectivity index (χ2v) is 4.25. The Kier molecular flexibility index (Phi) is 2.81. The first kappa shape index (κ1) is 10.6. The van der Waals surface area contributed by atoms with Gasteiger partial charge in [-0.05, 0) is 17.0 Å². The van der Waals surface area contributed by atoms with Crippen LogP contribution in [0.15, 0.2) is 18.2 Å². The molecule has 0 spiro atoms. The zero-order chi connectivity index (χ0) is 10.8. The lowest BCUT2D eigenvalue weighted by molar-refractivity contribution is 0.398. The van der Waals surface area contributed by atoms with Gasteiger partial charge in [0.2, 0.25) is 0 Å². The molecule has 14 heavy (non-hydrogen) atoms. The molecule has 0 amide bonds. The van der Waals surface area contributed by atoms with Gasteiger partial charge in [-0.3, -0.25) is 0 Å². The van der Waals surface area contributed by atoms with E-state index in [1.165, 1.54) is 0 Å². The van der Waals surface area contributed by atoms with Gasteiger partial charge in [0.1, 0.15) is 5.75 Å². The van der Waals surface area contributed by atoms with Crippen molar-refractivity contribution in [2.75, 3.05) is 7.11 Å². The van der Waals surface area contributed by atoms with Crippen LogP contribution in [0.4, 0.5) is 5.69 Å². The summed E-state index contributed by atoms with van der Waals surface area (Å²) in [5.74, 6) is 0.797. The molecule has 2 heteroatoms. The highest BCUT2D eigenvalue weighted by atomic mass is 16.5. The summed E-state index contributed by atoms with van der Waals surface area (Å²) >= 11 is 0. The minimum Gasteiger partial charge on any atom is -0.498 e. The van der Waals surface area contributed by atoms with Gasteiger partial charge in [-0.2, -0.15) is 0 Å². The molecule has 0 atom stereocenters. The van der Waals surface area contributed by atoms with Crippen LogP contribution in [0, 0.1) is 6.57 Å². The normalized spacial score (nSPS) is 10.8. The standard InChI is InChI=1S/C12H15NO/c1-12(2,3)10-7-6-9(13-4)8-11(10)14-5/h6-8H,1-3,5H3. The minimum atomic E-state index is 0.0475. The van der Waals surface area contributed by atoms with Crippen molar-refractivity contribution >= 4 is 5.69 Å². The highest BCUT2D eigenvalue weighted by Crippen LogP contribution is 2.33. The quantitative estimate of drug-likeness (QED) is 0.616. The van der Waals surface area contributed by atoms with Crippen molar-refractivity contribution < 1.29 is 4.74 Å². The highest BCUT2D eigenvalue weighted by molar-refractivity contribution is 5.54. The van der Waals surface area contributed by atoms with E-state index in [1.807, 2.05) is 12.1 Å². The van der Waals surface area contributed by atoms with E-state index in [9.17, 15) is 0 Å². The summed E-state index contributed by atoms with van der Waals surface area (Å²) in [5.41, 5.74) is 1.80. The number of rotatable bonds is 1. The molecule has 0 N–H and O–H groups in total. The van der Waals surface area contributed by atoms with Gasteiger partial charge in [-0.25, -0.2) is 4.85 Å². The van der Waals surface area contributed by atoms with Crippen molar-refractivity contribution in [3.63, 3.8) is 0 Å². The van der Waals surface area contributed by atoms with Gasteiger partial charge >= 0.3 is 0 Å². The van der Waals surface area contributed by atoms with E-state index in [0.717, 1.165) is 11.3 Å². The van der Waals surface area contributed by atoms with Gasteiger partial charge in [0.25, 0.3) is 0 Å². The van der Waals surface area contributed by atoms with E-state index in [-0.39, 0.29) is 5.41 Å². The summed E-state index contributed by atoms with van der Waals surface area (Å²) in [7, 11) is 1.64. The van der Waals surface area contributed by atoms with Gasteiger partial charge in [0, 0.05) is 0 Å². The fourth-order valence-electron chi connectivity index (χ4n) is 1.37. The Bertz CT molecular complexity index is 369. The summed E-state index contributed by atoms with van der Waals surface area (Å²) in [6.45, 7) is 13.3.